The predicted octanol–water partition coefficient (Wildman–Crippen LogP) is 3.67. The molecular weight excluding hydrogens is 324 g/mol. The Bertz CT molecular complexity index is 979. The van der Waals surface area contributed by atoms with E-state index < -0.39 is 0 Å². The van der Waals surface area contributed by atoms with Crippen LogP contribution in [0.3, 0.4) is 0 Å². The number of rotatable bonds is 5. The molecule has 0 spiro atoms. The van der Waals surface area contributed by atoms with Crippen molar-refractivity contribution in [2.45, 2.75) is 12.5 Å². The summed E-state index contributed by atoms with van der Waals surface area (Å²) in [6.07, 6.45) is 3.86. The molecule has 1 amide bonds. The van der Waals surface area contributed by atoms with Crippen molar-refractivity contribution in [2.24, 2.45) is 0 Å². The molecule has 0 radical (unpaired) electrons. The Balaban J connectivity index is 1.65. The minimum absolute atomic E-state index is 0.167. The highest BCUT2D eigenvalue weighted by Gasteiger charge is 2.20. The first-order valence-electron chi connectivity index (χ1n) is 8.49. The molecule has 0 unspecified atom stereocenters. The fourth-order valence-corrected chi connectivity index (χ4v) is 2.94. The average Bonchev–Trinajstić information content (AvgIpc) is 3.13. The first kappa shape index (κ1) is 16.0. The molecule has 0 aliphatic carbocycles. The van der Waals surface area contributed by atoms with Gasteiger partial charge in [-0.1, -0.05) is 42.5 Å². The summed E-state index contributed by atoms with van der Waals surface area (Å²) in [6.45, 7) is 0. The molecule has 0 saturated heterocycles. The third kappa shape index (κ3) is 3.47. The summed E-state index contributed by atoms with van der Waals surface area (Å²) in [4.78, 5) is 24.7. The van der Waals surface area contributed by atoms with Crippen molar-refractivity contribution < 1.29 is 4.79 Å². The SMILES string of the molecule is O=C(N[C@H](Cc1ccccc1)c1nc2ccccc2[nH]1)c1cccnc1. The van der Waals surface area contributed by atoms with Gasteiger partial charge in [0.15, 0.2) is 0 Å². The molecule has 0 fully saturated rings. The number of amides is 1. The molecule has 2 heterocycles. The highest BCUT2D eigenvalue weighted by molar-refractivity contribution is 5.94. The number of benzene rings is 2. The van der Waals surface area contributed by atoms with E-state index in [-0.39, 0.29) is 11.9 Å². The normalized spacial score (nSPS) is 12.0. The zero-order chi connectivity index (χ0) is 17.8. The Morgan fingerprint density at radius 1 is 1.00 bits per heavy atom. The van der Waals surface area contributed by atoms with E-state index >= 15 is 0 Å². The summed E-state index contributed by atoms with van der Waals surface area (Å²) in [5, 5.41) is 3.09. The number of hydrogen-bond donors (Lipinski definition) is 2. The van der Waals surface area contributed by atoms with Crippen LogP contribution in [-0.2, 0) is 6.42 Å². The lowest BCUT2D eigenvalue weighted by Crippen LogP contribution is -2.30. The molecule has 1 atom stereocenters. The number of para-hydroxylation sites is 2. The van der Waals surface area contributed by atoms with Gasteiger partial charge in [-0.25, -0.2) is 4.98 Å². The van der Waals surface area contributed by atoms with Gasteiger partial charge in [-0.3, -0.25) is 9.78 Å². The van der Waals surface area contributed by atoms with Gasteiger partial charge in [0.05, 0.1) is 22.6 Å². The number of aromatic amines is 1. The maximum atomic E-state index is 12.6. The van der Waals surface area contributed by atoms with Gasteiger partial charge >= 0.3 is 0 Å². The molecule has 0 saturated carbocycles. The second kappa shape index (κ2) is 7.19. The predicted molar refractivity (Wildman–Crippen MR) is 101 cm³/mol. The van der Waals surface area contributed by atoms with Crippen LogP contribution in [0.25, 0.3) is 11.0 Å². The second-order valence-corrected chi connectivity index (χ2v) is 6.10. The van der Waals surface area contributed by atoms with Crippen LogP contribution in [-0.4, -0.2) is 20.9 Å². The van der Waals surface area contributed by atoms with Crippen LogP contribution in [0.4, 0.5) is 0 Å². The Kier molecular flexibility index (Phi) is 4.43. The van der Waals surface area contributed by atoms with Crippen molar-refractivity contribution in [2.75, 3.05) is 0 Å². The van der Waals surface area contributed by atoms with Crippen molar-refractivity contribution >= 4 is 16.9 Å². The Morgan fingerprint density at radius 3 is 2.58 bits per heavy atom. The van der Waals surface area contributed by atoms with E-state index in [0.717, 1.165) is 22.4 Å². The quantitative estimate of drug-likeness (QED) is 0.581. The lowest BCUT2D eigenvalue weighted by atomic mass is 10.0. The number of hydrogen-bond acceptors (Lipinski definition) is 3. The fraction of sp³-hybridized carbons (Fsp3) is 0.0952. The van der Waals surface area contributed by atoms with Crippen molar-refractivity contribution in [1.82, 2.24) is 20.3 Å². The molecule has 0 aliphatic heterocycles. The van der Waals surface area contributed by atoms with Crippen LogP contribution in [0, 0.1) is 0 Å². The summed E-state index contributed by atoms with van der Waals surface area (Å²) in [6, 6.07) is 21.2. The Morgan fingerprint density at radius 2 is 1.81 bits per heavy atom. The van der Waals surface area contributed by atoms with E-state index in [9.17, 15) is 4.79 Å². The zero-order valence-corrected chi connectivity index (χ0v) is 14.1. The number of fused-ring (bicyclic) bond motifs is 1. The molecule has 5 heteroatoms. The molecule has 2 aromatic heterocycles. The minimum atomic E-state index is -0.266. The molecular formula is C21H18N4O. The van der Waals surface area contributed by atoms with E-state index in [2.05, 4.69) is 20.3 Å². The molecule has 128 valence electrons. The van der Waals surface area contributed by atoms with E-state index in [4.69, 9.17) is 0 Å². The van der Waals surface area contributed by atoms with Gasteiger partial charge in [-0.05, 0) is 36.2 Å². The fourth-order valence-electron chi connectivity index (χ4n) is 2.94. The average molecular weight is 342 g/mol. The number of nitrogens with one attached hydrogen (secondary N) is 2. The summed E-state index contributed by atoms with van der Waals surface area (Å²) >= 11 is 0. The van der Waals surface area contributed by atoms with Gasteiger partial charge in [0.2, 0.25) is 0 Å². The van der Waals surface area contributed by atoms with Crippen molar-refractivity contribution in [3.8, 4) is 0 Å². The van der Waals surface area contributed by atoms with Gasteiger partial charge < -0.3 is 10.3 Å². The van der Waals surface area contributed by atoms with Gasteiger partial charge in [0, 0.05) is 12.4 Å². The van der Waals surface area contributed by atoms with Crippen molar-refractivity contribution in [3.63, 3.8) is 0 Å². The van der Waals surface area contributed by atoms with E-state index in [0.29, 0.717) is 12.0 Å². The lowest BCUT2D eigenvalue weighted by molar-refractivity contribution is 0.0934. The number of pyridine rings is 1. The monoisotopic (exact) mass is 342 g/mol. The standard InChI is InChI=1S/C21H18N4O/c26-21(16-9-6-12-22-14-16)25-19(13-15-7-2-1-3-8-15)20-23-17-10-4-5-11-18(17)24-20/h1-12,14,19H,13H2,(H,23,24)(H,25,26)/t19-/m1/s1. The third-order valence-corrected chi connectivity index (χ3v) is 4.25. The summed E-state index contributed by atoms with van der Waals surface area (Å²) in [7, 11) is 0. The Labute approximate surface area is 151 Å². The highest BCUT2D eigenvalue weighted by Crippen LogP contribution is 2.20. The molecule has 4 rings (SSSR count). The molecule has 26 heavy (non-hydrogen) atoms. The summed E-state index contributed by atoms with van der Waals surface area (Å²) < 4.78 is 0. The topological polar surface area (TPSA) is 70.7 Å². The highest BCUT2D eigenvalue weighted by atomic mass is 16.1. The smallest absolute Gasteiger partial charge is 0.253 e. The molecule has 2 aromatic carbocycles. The van der Waals surface area contributed by atoms with E-state index in [1.165, 1.54) is 0 Å². The van der Waals surface area contributed by atoms with Crippen LogP contribution in [0.5, 0.6) is 0 Å². The van der Waals surface area contributed by atoms with Crippen LogP contribution in [0.15, 0.2) is 79.1 Å². The van der Waals surface area contributed by atoms with Crippen molar-refractivity contribution in [1.29, 1.82) is 0 Å². The minimum Gasteiger partial charge on any atom is -0.342 e. The van der Waals surface area contributed by atoms with Gasteiger partial charge in [-0.2, -0.15) is 0 Å². The van der Waals surface area contributed by atoms with Crippen LogP contribution in [0.2, 0.25) is 0 Å². The summed E-state index contributed by atoms with van der Waals surface area (Å²) in [5.74, 6) is 0.576. The zero-order valence-electron chi connectivity index (χ0n) is 14.1. The Hall–Kier alpha value is -3.47. The maximum Gasteiger partial charge on any atom is 0.253 e. The lowest BCUT2D eigenvalue weighted by Gasteiger charge is -2.17. The molecule has 5 nitrogen and oxygen atoms in total. The molecule has 2 N–H and O–H groups in total. The number of nitrogens with zero attached hydrogens (tertiary/aromatic N) is 2. The van der Waals surface area contributed by atoms with E-state index in [1.54, 1.807) is 24.5 Å². The third-order valence-electron chi connectivity index (χ3n) is 4.25. The van der Waals surface area contributed by atoms with Gasteiger partial charge in [0.1, 0.15) is 5.82 Å². The molecule has 0 bridgehead atoms. The van der Waals surface area contributed by atoms with E-state index in [1.807, 2.05) is 54.6 Å². The molecule has 4 aromatic rings. The van der Waals surface area contributed by atoms with Gasteiger partial charge in [0.25, 0.3) is 5.91 Å². The van der Waals surface area contributed by atoms with Gasteiger partial charge in [-0.15, -0.1) is 0 Å². The van der Waals surface area contributed by atoms with Crippen LogP contribution in [0.1, 0.15) is 27.8 Å². The van der Waals surface area contributed by atoms with Crippen LogP contribution >= 0.6 is 0 Å². The molecule has 0 aliphatic rings. The maximum absolute atomic E-state index is 12.6. The number of imidazole rings is 1. The largest absolute Gasteiger partial charge is 0.342 e. The van der Waals surface area contributed by atoms with Crippen molar-refractivity contribution in [3.05, 3.63) is 96.1 Å². The first-order valence-corrected chi connectivity index (χ1v) is 8.49. The number of aromatic nitrogens is 3. The first-order chi connectivity index (χ1) is 12.8. The summed E-state index contributed by atoms with van der Waals surface area (Å²) in [5.41, 5.74) is 3.50. The number of carbonyl (C=O) groups excluding carboxylic acids is 1. The van der Waals surface area contributed by atoms with Crippen LogP contribution < -0.4 is 5.32 Å². The number of carbonyl (C=O) groups is 1. The number of H-pyrrole nitrogens is 1. The second-order valence-electron chi connectivity index (χ2n) is 6.10.